The molecule has 3 rings (SSSR count). The Morgan fingerprint density at radius 1 is 1.00 bits per heavy atom. The van der Waals surface area contributed by atoms with Gasteiger partial charge in [0, 0.05) is 23.6 Å². The topological polar surface area (TPSA) is 97.4 Å². The maximum absolute atomic E-state index is 12.2. The molecule has 0 radical (unpaired) electrons. The smallest absolute Gasteiger partial charge is 0.358 e. The number of benzene rings is 2. The average Bonchev–Trinajstić information content (AvgIpc) is 3.15. The molecule has 28 heavy (non-hydrogen) atoms. The lowest BCUT2D eigenvalue weighted by Crippen LogP contribution is -2.12. The van der Waals surface area contributed by atoms with Gasteiger partial charge in [-0.1, -0.05) is 30.3 Å². The monoisotopic (exact) mass is 395 g/mol. The summed E-state index contributed by atoms with van der Waals surface area (Å²) in [5, 5.41) is 7.17. The lowest BCUT2D eigenvalue weighted by Gasteiger charge is -2.07. The molecule has 2 amide bonds. The van der Waals surface area contributed by atoms with E-state index in [0.29, 0.717) is 16.4 Å². The van der Waals surface area contributed by atoms with Crippen molar-refractivity contribution in [2.75, 3.05) is 10.6 Å². The first kappa shape index (κ1) is 19.2. The summed E-state index contributed by atoms with van der Waals surface area (Å²) in [5.41, 5.74) is 2.08. The van der Waals surface area contributed by atoms with Crippen molar-refractivity contribution < 1.29 is 19.1 Å². The Hall–Kier alpha value is -3.52. The van der Waals surface area contributed by atoms with Gasteiger partial charge in [0.25, 0.3) is 5.91 Å². The molecule has 0 atom stereocenters. The van der Waals surface area contributed by atoms with Crippen LogP contribution >= 0.6 is 11.3 Å². The number of hydrogen-bond acceptors (Lipinski definition) is 6. The van der Waals surface area contributed by atoms with Crippen LogP contribution in [0.15, 0.2) is 60.0 Å². The van der Waals surface area contributed by atoms with E-state index >= 15 is 0 Å². The van der Waals surface area contributed by atoms with Gasteiger partial charge in [0.2, 0.25) is 5.91 Å². The molecule has 142 valence electrons. The van der Waals surface area contributed by atoms with Crippen LogP contribution in [-0.2, 0) is 16.1 Å². The van der Waals surface area contributed by atoms with Gasteiger partial charge in [0.1, 0.15) is 6.61 Å². The minimum atomic E-state index is -0.584. The molecule has 0 saturated heterocycles. The third kappa shape index (κ3) is 5.24. The second-order valence-corrected chi connectivity index (χ2v) is 6.67. The molecular formula is C20H17N3O4S. The van der Waals surface area contributed by atoms with Gasteiger partial charge in [-0.3, -0.25) is 9.59 Å². The molecule has 1 aromatic heterocycles. The number of carbonyl (C=O) groups excluding carboxylic acids is 3. The highest BCUT2D eigenvalue weighted by Crippen LogP contribution is 2.17. The Labute approximate surface area is 165 Å². The maximum atomic E-state index is 12.2. The molecule has 0 fully saturated rings. The number of hydrogen-bond donors (Lipinski definition) is 2. The number of nitrogens with one attached hydrogen (secondary N) is 2. The van der Waals surface area contributed by atoms with Crippen LogP contribution in [0.5, 0.6) is 0 Å². The second-order valence-electron chi connectivity index (χ2n) is 5.81. The fourth-order valence-corrected chi connectivity index (χ4v) is 3.00. The van der Waals surface area contributed by atoms with E-state index in [2.05, 4.69) is 15.6 Å². The van der Waals surface area contributed by atoms with Crippen LogP contribution in [-0.4, -0.2) is 22.8 Å². The van der Waals surface area contributed by atoms with Crippen molar-refractivity contribution in [3.05, 3.63) is 76.8 Å². The first-order chi connectivity index (χ1) is 13.5. The molecule has 2 aromatic carbocycles. The van der Waals surface area contributed by atoms with E-state index in [1.54, 1.807) is 24.3 Å². The molecule has 7 nitrogen and oxygen atoms in total. The number of thiazole rings is 1. The zero-order chi connectivity index (χ0) is 19.9. The van der Waals surface area contributed by atoms with Crippen LogP contribution in [0.3, 0.4) is 0 Å². The molecule has 3 aromatic rings. The summed E-state index contributed by atoms with van der Waals surface area (Å²) < 4.78 is 5.22. The first-order valence-electron chi connectivity index (χ1n) is 8.37. The van der Waals surface area contributed by atoms with Gasteiger partial charge in [0.15, 0.2) is 10.8 Å². The van der Waals surface area contributed by atoms with E-state index < -0.39 is 5.97 Å². The number of ether oxygens (including phenoxy) is 1. The standard InChI is InChI=1S/C20H17N3O4S/c1-13(24)21-20-23-17(12-28-20)19(26)27-11-14-7-9-15(10-8-14)18(25)22-16-5-3-2-4-6-16/h2-10,12H,11H2,1H3,(H,22,25)(H,21,23,24). The Kier molecular flexibility index (Phi) is 6.13. The first-order valence-corrected chi connectivity index (χ1v) is 9.25. The zero-order valence-electron chi connectivity index (χ0n) is 15.0. The molecule has 0 aliphatic carbocycles. The van der Waals surface area contributed by atoms with Crippen molar-refractivity contribution in [1.82, 2.24) is 4.98 Å². The van der Waals surface area contributed by atoms with Crippen molar-refractivity contribution in [2.45, 2.75) is 13.5 Å². The summed E-state index contributed by atoms with van der Waals surface area (Å²) in [4.78, 5) is 39.3. The Morgan fingerprint density at radius 2 is 1.71 bits per heavy atom. The number of anilines is 2. The lowest BCUT2D eigenvalue weighted by atomic mass is 10.1. The molecule has 0 aliphatic rings. The van der Waals surface area contributed by atoms with E-state index in [0.717, 1.165) is 16.9 Å². The molecule has 8 heteroatoms. The third-order valence-electron chi connectivity index (χ3n) is 3.61. The molecule has 0 unspecified atom stereocenters. The van der Waals surface area contributed by atoms with Gasteiger partial charge in [-0.25, -0.2) is 9.78 Å². The summed E-state index contributed by atoms with van der Waals surface area (Å²) in [6.45, 7) is 1.41. The van der Waals surface area contributed by atoms with E-state index in [-0.39, 0.29) is 24.1 Å². The number of rotatable bonds is 6. The number of amides is 2. The van der Waals surface area contributed by atoms with E-state index in [9.17, 15) is 14.4 Å². The number of esters is 1. The largest absolute Gasteiger partial charge is 0.456 e. The Balaban J connectivity index is 1.54. The normalized spacial score (nSPS) is 10.2. The van der Waals surface area contributed by atoms with Crippen LogP contribution in [0.4, 0.5) is 10.8 Å². The maximum Gasteiger partial charge on any atom is 0.358 e. The fourth-order valence-electron chi connectivity index (χ4n) is 2.28. The van der Waals surface area contributed by atoms with Crippen LogP contribution in [0.1, 0.15) is 33.3 Å². The average molecular weight is 395 g/mol. The van der Waals surface area contributed by atoms with Crippen molar-refractivity contribution in [2.24, 2.45) is 0 Å². The fraction of sp³-hybridized carbons (Fsp3) is 0.100. The number of aromatic nitrogens is 1. The zero-order valence-corrected chi connectivity index (χ0v) is 15.8. The van der Waals surface area contributed by atoms with E-state index in [1.165, 1.54) is 12.3 Å². The third-order valence-corrected chi connectivity index (χ3v) is 4.37. The predicted molar refractivity (Wildman–Crippen MR) is 106 cm³/mol. The predicted octanol–water partition coefficient (Wildman–Crippen LogP) is 3.71. The summed E-state index contributed by atoms with van der Waals surface area (Å²) in [7, 11) is 0. The van der Waals surface area contributed by atoms with Gasteiger partial charge in [-0.05, 0) is 29.8 Å². The highest BCUT2D eigenvalue weighted by molar-refractivity contribution is 7.14. The summed E-state index contributed by atoms with van der Waals surface area (Å²) in [5.74, 6) is -1.06. The molecular weight excluding hydrogens is 378 g/mol. The van der Waals surface area contributed by atoms with Gasteiger partial charge < -0.3 is 15.4 Å². The number of carbonyl (C=O) groups is 3. The van der Waals surface area contributed by atoms with Crippen LogP contribution < -0.4 is 10.6 Å². The summed E-state index contributed by atoms with van der Waals surface area (Å²) in [6.07, 6.45) is 0. The van der Waals surface area contributed by atoms with Crippen molar-refractivity contribution in [3.63, 3.8) is 0 Å². The minimum Gasteiger partial charge on any atom is -0.456 e. The van der Waals surface area contributed by atoms with Gasteiger partial charge in [0.05, 0.1) is 0 Å². The van der Waals surface area contributed by atoms with Gasteiger partial charge in [-0.15, -0.1) is 11.3 Å². The molecule has 0 bridgehead atoms. The van der Waals surface area contributed by atoms with Crippen molar-refractivity contribution in [3.8, 4) is 0 Å². The molecule has 0 saturated carbocycles. The molecule has 1 heterocycles. The van der Waals surface area contributed by atoms with Gasteiger partial charge in [-0.2, -0.15) is 0 Å². The highest BCUT2D eigenvalue weighted by Gasteiger charge is 2.13. The summed E-state index contributed by atoms with van der Waals surface area (Å²) >= 11 is 1.15. The van der Waals surface area contributed by atoms with Crippen LogP contribution in [0.2, 0.25) is 0 Å². The van der Waals surface area contributed by atoms with E-state index in [1.807, 2.05) is 30.3 Å². The van der Waals surface area contributed by atoms with Crippen molar-refractivity contribution >= 4 is 39.9 Å². The van der Waals surface area contributed by atoms with Crippen LogP contribution in [0.25, 0.3) is 0 Å². The lowest BCUT2D eigenvalue weighted by molar-refractivity contribution is -0.114. The van der Waals surface area contributed by atoms with E-state index in [4.69, 9.17) is 4.74 Å². The minimum absolute atomic E-state index is 0.0480. The Bertz CT molecular complexity index is 984. The highest BCUT2D eigenvalue weighted by atomic mass is 32.1. The van der Waals surface area contributed by atoms with Gasteiger partial charge >= 0.3 is 5.97 Å². The second kappa shape index (κ2) is 8.92. The van der Waals surface area contributed by atoms with Crippen LogP contribution in [0, 0.1) is 0 Å². The number of para-hydroxylation sites is 1. The quantitative estimate of drug-likeness (QED) is 0.620. The molecule has 0 spiro atoms. The number of nitrogens with zero attached hydrogens (tertiary/aromatic N) is 1. The van der Waals surface area contributed by atoms with Crippen molar-refractivity contribution in [1.29, 1.82) is 0 Å². The molecule has 0 aliphatic heterocycles. The summed E-state index contributed by atoms with van der Waals surface area (Å²) in [6, 6.07) is 15.9. The SMILES string of the molecule is CC(=O)Nc1nc(C(=O)OCc2ccc(C(=O)Nc3ccccc3)cc2)cs1. The molecule has 2 N–H and O–H groups in total. The Morgan fingerprint density at radius 3 is 2.39 bits per heavy atom.